The molecule has 0 unspecified atom stereocenters. The van der Waals surface area contributed by atoms with Crippen molar-refractivity contribution in [3.05, 3.63) is 71.9 Å². The number of amides is 2. The van der Waals surface area contributed by atoms with Crippen LogP contribution in [0.25, 0.3) is 11.3 Å². The lowest BCUT2D eigenvalue weighted by molar-refractivity contribution is -0.141. The summed E-state index contributed by atoms with van der Waals surface area (Å²) in [5, 5.41) is 32.3. The molecule has 0 radical (unpaired) electrons. The van der Waals surface area contributed by atoms with Crippen molar-refractivity contribution in [2.24, 2.45) is 0 Å². The van der Waals surface area contributed by atoms with Crippen LogP contribution >= 0.6 is 0 Å². The fraction of sp³-hybridized carbons (Fsp3) is 0.484. The Labute approximate surface area is 257 Å². The fourth-order valence-electron chi connectivity index (χ4n) is 6.46. The highest BCUT2D eigenvalue weighted by Crippen LogP contribution is 2.41. The number of carbonyl (C=O) groups is 2. The number of halogens is 3. The van der Waals surface area contributed by atoms with E-state index in [-0.39, 0.29) is 44.0 Å². The lowest BCUT2D eigenvalue weighted by atomic mass is 9.80. The predicted octanol–water partition coefficient (Wildman–Crippen LogP) is 4.38. The third-order valence-electron chi connectivity index (χ3n) is 8.64. The van der Waals surface area contributed by atoms with Gasteiger partial charge in [0.2, 0.25) is 0 Å². The summed E-state index contributed by atoms with van der Waals surface area (Å²) < 4.78 is 47.1. The van der Waals surface area contributed by atoms with E-state index < -0.39 is 47.7 Å². The van der Waals surface area contributed by atoms with Gasteiger partial charge in [-0.05, 0) is 25.0 Å². The molecule has 11 nitrogen and oxygen atoms in total. The average molecular weight is 632 g/mol. The number of aromatic nitrogens is 3. The zero-order valence-corrected chi connectivity index (χ0v) is 24.7. The quantitative estimate of drug-likeness (QED) is 0.333. The molecule has 2 amide bonds. The number of methoxy groups -OCH3 is 1. The minimum atomic E-state index is -4.72. The van der Waals surface area contributed by atoms with E-state index in [2.05, 4.69) is 9.97 Å². The van der Waals surface area contributed by atoms with E-state index in [1.165, 1.54) is 24.4 Å². The number of carbonyl (C=O) groups excluding carboxylic acids is 1. The van der Waals surface area contributed by atoms with Crippen LogP contribution in [0.3, 0.4) is 0 Å². The number of ether oxygens (including phenoxy) is 1. The van der Waals surface area contributed by atoms with Gasteiger partial charge in [-0.15, -0.1) is 0 Å². The van der Waals surface area contributed by atoms with Crippen LogP contribution in [0.4, 0.5) is 18.0 Å². The van der Waals surface area contributed by atoms with Gasteiger partial charge in [-0.1, -0.05) is 49.2 Å². The zero-order chi connectivity index (χ0) is 32.4. The highest BCUT2D eigenvalue weighted by atomic mass is 19.4. The van der Waals surface area contributed by atoms with E-state index in [1.807, 2.05) is 34.9 Å². The third-order valence-corrected chi connectivity index (χ3v) is 8.64. The molecule has 14 heteroatoms. The normalized spacial score (nSPS) is 23.2. The standard InChI is InChI=1S/C31H36F3N5O6/c1-45-18-30(44)13-6-5-12-25(30)39-19-35-26(27(39)20-8-3-2-4-9-20)28(41)38-15-14-37(29(42)43)17-21(38)16-23(40)22-10-7-11-24(36-22)31(32,33)34/h2-4,7-11,19,21,23,25,40,44H,5-6,12-18H2,1H3,(H,42,43)/t21-,23+,25-,30-/m1/s1. The minimum absolute atomic E-state index is 0.00687. The Morgan fingerprint density at radius 2 is 1.87 bits per heavy atom. The van der Waals surface area contributed by atoms with Crippen LogP contribution in [-0.2, 0) is 10.9 Å². The van der Waals surface area contributed by atoms with Gasteiger partial charge in [0.05, 0.1) is 42.5 Å². The number of nitrogens with zero attached hydrogens (tertiary/aromatic N) is 5. The number of benzene rings is 1. The van der Waals surface area contributed by atoms with Crippen molar-refractivity contribution in [2.75, 3.05) is 33.4 Å². The second-order valence-corrected chi connectivity index (χ2v) is 11.6. The summed E-state index contributed by atoms with van der Waals surface area (Å²) in [6, 6.07) is 11.0. The van der Waals surface area contributed by atoms with Crippen molar-refractivity contribution in [2.45, 2.75) is 62.1 Å². The van der Waals surface area contributed by atoms with Crippen molar-refractivity contribution >= 4 is 12.0 Å². The van der Waals surface area contributed by atoms with E-state index >= 15 is 0 Å². The Kier molecular flexibility index (Phi) is 9.46. The van der Waals surface area contributed by atoms with Gasteiger partial charge >= 0.3 is 12.3 Å². The van der Waals surface area contributed by atoms with Gasteiger partial charge < -0.3 is 34.4 Å². The summed E-state index contributed by atoms with van der Waals surface area (Å²) in [6.45, 7) is -0.119. The number of hydrogen-bond acceptors (Lipinski definition) is 7. The molecule has 1 saturated heterocycles. The average Bonchev–Trinajstić information content (AvgIpc) is 3.46. The molecule has 3 heterocycles. The summed E-state index contributed by atoms with van der Waals surface area (Å²) in [6.07, 6.45) is -3.40. The molecular weight excluding hydrogens is 595 g/mol. The highest BCUT2D eigenvalue weighted by molar-refractivity contribution is 5.98. The molecule has 0 spiro atoms. The summed E-state index contributed by atoms with van der Waals surface area (Å²) in [4.78, 5) is 36.8. The molecular formula is C31H36F3N5O6. The molecule has 4 atom stereocenters. The topological polar surface area (TPSA) is 141 Å². The van der Waals surface area contributed by atoms with Crippen LogP contribution in [0.2, 0.25) is 0 Å². The first-order valence-electron chi connectivity index (χ1n) is 14.8. The number of hydrogen-bond donors (Lipinski definition) is 3. The molecule has 5 rings (SSSR count). The number of aliphatic hydroxyl groups excluding tert-OH is 1. The zero-order valence-electron chi connectivity index (χ0n) is 24.7. The van der Waals surface area contributed by atoms with E-state index in [0.717, 1.165) is 29.9 Å². The molecule has 1 saturated carbocycles. The van der Waals surface area contributed by atoms with Crippen molar-refractivity contribution in [3.63, 3.8) is 0 Å². The van der Waals surface area contributed by atoms with Gasteiger partial charge in [0, 0.05) is 38.7 Å². The molecule has 2 aromatic heterocycles. The van der Waals surface area contributed by atoms with Crippen molar-refractivity contribution in [3.8, 4) is 11.3 Å². The van der Waals surface area contributed by atoms with Crippen LogP contribution in [-0.4, -0.2) is 96.6 Å². The molecule has 2 fully saturated rings. The SMILES string of the molecule is COC[C@]1(O)CCCC[C@H]1n1cnc(C(=O)N2CCN(C(=O)O)C[C@H]2C[C@H](O)c2cccc(C(F)(F)F)n2)c1-c1ccccc1. The number of pyridine rings is 1. The van der Waals surface area contributed by atoms with Crippen LogP contribution in [0, 0.1) is 0 Å². The highest BCUT2D eigenvalue weighted by Gasteiger charge is 2.43. The van der Waals surface area contributed by atoms with Crippen LogP contribution in [0.15, 0.2) is 54.9 Å². The molecule has 1 aromatic carbocycles. The smallest absolute Gasteiger partial charge is 0.433 e. The Morgan fingerprint density at radius 1 is 1.11 bits per heavy atom. The number of alkyl halides is 3. The first-order valence-corrected chi connectivity index (χ1v) is 14.8. The summed E-state index contributed by atoms with van der Waals surface area (Å²) in [5.74, 6) is -0.530. The minimum Gasteiger partial charge on any atom is -0.465 e. The van der Waals surface area contributed by atoms with E-state index in [1.54, 1.807) is 0 Å². The van der Waals surface area contributed by atoms with E-state index in [0.29, 0.717) is 24.1 Å². The van der Waals surface area contributed by atoms with Gasteiger partial charge in [-0.2, -0.15) is 13.2 Å². The van der Waals surface area contributed by atoms with Crippen LogP contribution < -0.4 is 0 Å². The number of aliphatic hydroxyl groups is 2. The first-order chi connectivity index (χ1) is 21.4. The van der Waals surface area contributed by atoms with Gasteiger partial charge in [-0.3, -0.25) is 4.79 Å². The largest absolute Gasteiger partial charge is 0.465 e. The van der Waals surface area contributed by atoms with Gasteiger partial charge in [-0.25, -0.2) is 14.8 Å². The molecule has 2 aliphatic rings. The maximum atomic E-state index is 14.3. The number of carboxylic acid groups (broad SMARTS) is 1. The molecule has 3 N–H and O–H groups in total. The number of piperazine rings is 1. The molecule has 1 aliphatic carbocycles. The van der Waals surface area contributed by atoms with Crippen molar-refractivity contribution in [1.29, 1.82) is 0 Å². The number of imidazole rings is 1. The fourth-order valence-corrected chi connectivity index (χ4v) is 6.46. The van der Waals surface area contributed by atoms with Gasteiger partial charge in [0.25, 0.3) is 5.91 Å². The third kappa shape index (κ3) is 6.82. The maximum absolute atomic E-state index is 14.3. The molecule has 45 heavy (non-hydrogen) atoms. The first kappa shape index (κ1) is 32.4. The predicted molar refractivity (Wildman–Crippen MR) is 155 cm³/mol. The maximum Gasteiger partial charge on any atom is 0.433 e. The van der Waals surface area contributed by atoms with E-state index in [9.17, 15) is 38.1 Å². The van der Waals surface area contributed by atoms with Crippen molar-refractivity contribution in [1.82, 2.24) is 24.3 Å². The van der Waals surface area contributed by atoms with E-state index in [4.69, 9.17) is 4.74 Å². The second kappa shape index (κ2) is 13.2. The number of rotatable bonds is 8. The Balaban J connectivity index is 1.51. The Hall–Kier alpha value is -4.01. The summed E-state index contributed by atoms with van der Waals surface area (Å²) in [7, 11) is 1.52. The second-order valence-electron chi connectivity index (χ2n) is 11.6. The van der Waals surface area contributed by atoms with Crippen molar-refractivity contribution < 1.29 is 42.8 Å². The summed E-state index contributed by atoms with van der Waals surface area (Å²) in [5.41, 5.74) is -1.38. The Bertz CT molecular complexity index is 1500. The molecule has 3 aromatic rings. The molecule has 1 aliphatic heterocycles. The summed E-state index contributed by atoms with van der Waals surface area (Å²) >= 11 is 0. The lowest BCUT2D eigenvalue weighted by Crippen LogP contribution is -2.56. The molecule has 0 bridgehead atoms. The van der Waals surface area contributed by atoms with Crippen LogP contribution in [0.1, 0.15) is 66.1 Å². The lowest BCUT2D eigenvalue weighted by Gasteiger charge is -2.41. The molecule has 242 valence electrons. The van der Waals surface area contributed by atoms with Crippen LogP contribution in [0.5, 0.6) is 0 Å². The van der Waals surface area contributed by atoms with Gasteiger partial charge in [0.1, 0.15) is 11.3 Å². The van der Waals surface area contributed by atoms with Gasteiger partial charge in [0.15, 0.2) is 5.69 Å². The monoisotopic (exact) mass is 631 g/mol. The Morgan fingerprint density at radius 3 is 2.56 bits per heavy atom.